The molecule has 2 heterocycles. The Morgan fingerprint density at radius 1 is 1.45 bits per heavy atom. The maximum Gasteiger partial charge on any atom is 0.173 e. The van der Waals surface area contributed by atoms with Crippen LogP contribution in [0.5, 0.6) is 0 Å². The third-order valence-electron chi connectivity index (χ3n) is 1.39. The fourth-order valence-corrected chi connectivity index (χ4v) is 0.855. The maximum atomic E-state index is 5.48. The molecule has 1 aliphatic rings. The third-order valence-corrected chi connectivity index (χ3v) is 1.39. The van der Waals surface area contributed by atoms with E-state index in [-0.39, 0.29) is 0 Å². The third kappa shape index (κ3) is 0.792. The number of anilines is 2. The molecule has 0 unspecified atom stereocenters. The van der Waals surface area contributed by atoms with Crippen LogP contribution in [0.25, 0.3) is 0 Å². The van der Waals surface area contributed by atoms with Crippen LogP contribution in [0.1, 0.15) is 0 Å². The van der Waals surface area contributed by atoms with Crippen LogP contribution in [0.3, 0.4) is 0 Å². The van der Waals surface area contributed by atoms with Gasteiger partial charge in [0.1, 0.15) is 12.0 Å². The van der Waals surface area contributed by atoms with Crippen molar-refractivity contribution in [1.29, 1.82) is 0 Å². The minimum atomic E-state index is 0.602. The van der Waals surface area contributed by atoms with Crippen LogP contribution >= 0.6 is 0 Å². The van der Waals surface area contributed by atoms with Crippen LogP contribution in [-0.2, 0) is 0 Å². The van der Waals surface area contributed by atoms with Crippen molar-refractivity contribution in [3.8, 4) is 0 Å². The number of hydrazine groups is 4. The molecule has 0 saturated carbocycles. The normalized spacial score (nSPS) is 16.4. The highest BCUT2D eigenvalue weighted by atomic mass is 16.0. The van der Waals surface area contributed by atoms with Gasteiger partial charge in [0.15, 0.2) is 5.82 Å². The van der Waals surface area contributed by atoms with E-state index < -0.39 is 0 Å². The molecular weight excluding hydrogens is 146 g/mol. The fraction of sp³-hybridized carbons (Fsp3) is 0. The minimum absolute atomic E-state index is 0.602. The number of rotatable bonds is 0. The summed E-state index contributed by atoms with van der Waals surface area (Å²) in [7, 11) is 0. The lowest BCUT2D eigenvalue weighted by atomic mass is 10.5. The Kier molecular flexibility index (Phi) is 1.15. The second-order valence-electron chi connectivity index (χ2n) is 2.06. The molecule has 0 bridgehead atoms. The molecule has 1 aromatic rings. The van der Waals surface area contributed by atoms with Crippen LogP contribution in [0.2, 0.25) is 0 Å². The summed E-state index contributed by atoms with van der Waals surface area (Å²) < 4.78 is 0. The fourth-order valence-electron chi connectivity index (χ4n) is 0.855. The van der Waals surface area contributed by atoms with Crippen LogP contribution < -0.4 is 22.2 Å². The van der Waals surface area contributed by atoms with Crippen LogP contribution in [0.4, 0.5) is 11.5 Å². The minimum Gasteiger partial charge on any atom is -0.268 e. The summed E-state index contributed by atoms with van der Waals surface area (Å²) in [4.78, 5) is 7.68. The molecule has 0 atom stereocenters. The molecule has 0 aromatic carbocycles. The number of hydrogen-bond donors (Lipinski definition) is 3. The Balaban J connectivity index is 2.47. The number of aromatic nitrogens is 2. The van der Waals surface area contributed by atoms with E-state index in [1.165, 1.54) is 11.4 Å². The summed E-state index contributed by atoms with van der Waals surface area (Å²) in [5, 5.41) is 2.34. The van der Waals surface area contributed by atoms with Crippen molar-refractivity contribution in [3.63, 3.8) is 0 Å². The number of nitrogens with zero attached hydrogens (tertiary/aromatic N) is 4. The zero-order valence-electron chi connectivity index (χ0n) is 5.60. The summed E-state index contributed by atoms with van der Waals surface area (Å²) in [5.41, 5.74) is 3.36. The lowest BCUT2D eigenvalue weighted by Crippen LogP contribution is -2.50. The van der Waals surface area contributed by atoms with Gasteiger partial charge in [0.25, 0.3) is 0 Å². The van der Waals surface area contributed by atoms with Gasteiger partial charge in [-0.05, 0) is 5.23 Å². The van der Waals surface area contributed by atoms with Crippen molar-refractivity contribution in [3.05, 3.63) is 12.5 Å². The first-order valence-electron chi connectivity index (χ1n) is 2.95. The maximum absolute atomic E-state index is 5.48. The SMILES string of the molecule is NN1Nc2ncncc2N1N. The molecule has 0 saturated heterocycles. The number of nitrogens with two attached hydrogens (primary N) is 2. The van der Waals surface area contributed by atoms with E-state index in [0.717, 1.165) is 5.23 Å². The largest absolute Gasteiger partial charge is 0.268 e. The first-order chi connectivity index (χ1) is 5.29. The zero-order chi connectivity index (χ0) is 7.84. The monoisotopic (exact) mass is 153 g/mol. The van der Waals surface area contributed by atoms with Gasteiger partial charge >= 0.3 is 0 Å². The summed E-state index contributed by atoms with van der Waals surface area (Å²) >= 11 is 0. The second-order valence-corrected chi connectivity index (χ2v) is 2.06. The zero-order valence-corrected chi connectivity index (χ0v) is 5.60. The molecule has 0 aliphatic carbocycles. The van der Waals surface area contributed by atoms with Gasteiger partial charge in [-0.2, -0.15) is 0 Å². The first kappa shape index (κ1) is 6.28. The van der Waals surface area contributed by atoms with Gasteiger partial charge in [0.2, 0.25) is 0 Å². The molecule has 7 nitrogen and oxygen atoms in total. The summed E-state index contributed by atoms with van der Waals surface area (Å²) in [5.74, 6) is 11.5. The van der Waals surface area contributed by atoms with Crippen molar-refractivity contribution >= 4 is 11.5 Å². The first-order valence-corrected chi connectivity index (χ1v) is 2.95. The highest BCUT2D eigenvalue weighted by Crippen LogP contribution is 2.25. The van der Waals surface area contributed by atoms with E-state index in [9.17, 15) is 0 Å². The molecule has 2 rings (SSSR count). The van der Waals surface area contributed by atoms with Gasteiger partial charge in [0.05, 0.1) is 6.20 Å². The van der Waals surface area contributed by atoms with Crippen LogP contribution in [0.15, 0.2) is 12.5 Å². The molecular formula is C4H7N7. The average Bonchev–Trinajstić information content (AvgIpc) is 2.30. The molecule has 7 heteroatoms. The number of nitrogens with one attached hydrogen (secondary N) is 1. The highest BCUT2D eigenvalue weighted by Gasteiger charge is 2.22. The molecule has 11 heavy (non-hydrogen) atoms. The Morgan fingerprint density at radius 2 is 2.27 bits per heavy atom. The van der Waals surface area contributed by atoms with Crippen molar-refractivity contribution in [1.82, 2.24) is 15.2 Å². The molecule has 0 amide bonds. The Morgan fingerprint density at radius 3 is 3.00 bits per heavy atom. The van der Waals surface area contributed by atoms with E-state index in [0.29, 0.717) is 11.5 Å². The smallest absolute Gasteiger partial charge is 0.173 e. The van der Waals surface area contributed by atoms with Crippen LogP contribution in [0, 0.1) is 0 Å². The van der Waals surface area contributed by atoms with Gasteiger partial charge in [-0.3, -0.25) is 5.43 Å². The number of hydrogen-bond acceptors (Lipinski definition) is 7. The van der Waals surface area contributed by atoms with E-state index in [1.807, 2.05) is 0 Å². The van der Waals surface area contributed by atoms with E-state index in [1.54, 1.807) is 6.20 Å². The molecule has 1 aliphatic heterocycles. The Bertz CT molecular complexity index is 273. The summed E-state index contributed by atoms with van der Waals surface area (Å²) in [6.07, 6.45) is 2.99. The topological polar surface area (TPSA) is 96.3 Å². The van der Waals surface area contributed by atoms with Crippen molar-refractivity contribution in [2.24, 2.45) is 11.7 Å². The van der Waals surface area contributed by atoms with Gasteiger partial charge < -0.3 is 0 Å². The lowest BCUT2D eigenvalue weighted by Gasteiger charge is -2.17. The van der Waals surface area contributed by atoms with Gasteiger partial charge in [-0.1, -0.05) is 0 Å². The molecule has 0 spiro atoms. The summed E-state index contributed by atoms with van der Waals surface area (Å²) in [6.45, 7) is 0. The molecule has 0 fully saturated rings. The standard InChI is InChI=1S/C4H7N7/c5-10-3-1-7-2-8-4(3)9-11(10)6/h1-2H,5-6H2,(H,7,8,9). The van der Waals surface area contributed by atoms with E-state index in [2.05, 4.69) is 15.4 Å². The second kappa shape index (κ2) is 2.02. The van der Waals surface area contributed by atoms with Crippen molar-refractivity contribution in [2.75, 3.05) is 10.5 Å². The van der Waals surface area contributed by atoms with E-state index >= 15 is 0 Å². The van der Waals surface area contributed by atoms with Gasteiger partial charge in [-0.15, -0.1) is 0 Å². The van der Waals surface area contributed by atoms with Gasteiger partial charge in [-0.25, -0.2) is 26.8 Å². The van der Waals surface area contributed by atoms with E-state index in [4.69, 9.17) is 11.7 Å². The van der Waals surface area contributed by atoms with Crippen molar-refractivity contribution in [2.45, 2.75) is 0 Å². The molecule has 0 radical (unpaired) electrons. The molecule has 5 N–H and O–H groups in total. The molecule has 58 valence electrons. The quantitative estimate of drug-likeness (QED) is 0.394. The van der Waals surface area contributed by atoms with Crippen LogP contribution in [-0.4, -0.2) is 15.2 Å². The number of fused-ring (bicyclic) bond motifs is 1. The predicted molar refractivity (Wildman–Crippen MR) is 38.3 cm³/mol. The lowest BCUT2D eigenvalue weighted by molar-refractivity contribution is 0.333. The van der Waals surface area contributed by atoms with Crippen molar-refractivity contribution < 1.29 is 0 Å². The summed E-state index contributed by atoms with van der Waals surface area (Å²) in [6, 6.07) is 0. The highest BCUT2D eigenvalue weighted by molar-refractivity contribution is 5.66. The van der Waals surface area contributed by atoms with Gasteiger partial charge in [0, 0.05) is 0 Å². The Hall–Kier alpha value is -1.44. The Labute approximate surface area is 62.5 Å². The molecule has 1 aromatic heterocycles. The predicted octanol–water partition coefficient (Wildman–Crippen LogP) is -1.41. The average molecular weight is 153 g/mol.